The van der Waals surface area contributed by atoms with Gasteiger partial charge in [0.15, 0.2) is 5.82 Å². The second-order valence-corrected chi connectivity index (χ2v) is 3.32. The molecule has 0 aliphatic heterocycles. The molecule has 0 amide bonds. The first kappa shape index (κ1) is 8.24. The molecule has 0 unspecified atom stereocenters. The van der Waals surface area contributed by atoms with Gasteiger partial charge in [0.25, 0.3) is 0 Å². The molecule has 15 heavy (non-hydrogen) atoms. The lowest BCUT2D eigenvalue weighted by atomic mass is 10.4. The monoisotopic (exact) mass is 220 g/mol. The highest BCUT2D eigenvalue weighted by Crippen LogP contribution is 2.17. The summed E-state index contributed by atoms with van der Waals surface area (Å²) >= 11 is 1.34. The minimum atomic E-state index is 0.531. The van der Waals surface area contributed by atoms with Crippen LogP contribution in [0.15, 0.2) is 28.3 Å². The molecule has 7 nitrogen and oxygen atoms in total. The smallest absolute Gasteiger partial charge is 0.208 e. The molecule has 3 aromatic rings. The summed E-state index contributed by atoms with van der Waals surface area (Å²) in [6, 6.07) is 3.51. The van der Waals surface area contributed by atoms with Crippen molar-refractivity contribution in [3.8, 4) is 17.3 Å². The summed E-state index contributed by atoms with van der Waals surface area (Å²) in [7, 11) is 0. The first-order valence-corrected chi connectivity index (χ1v) is 4.89. The van der Waals surface area contributed by atoms with E-state index in [0.29, 0.717) is 17.3 Å². The molecule has 3 rings (SSSR count). The molecular formula is C7H4N6OS. The van der Waals surface area contributed by atoms with Crippen molar-refractivity contribution >= 4 is 11.5 Å². The van der Waals surface area contributed by atoms with Gasteiger partial charge in [-0.15, -0.1) is 5.10 Å². The van der Waals surface area contributed by atoms with Gasteiger partial charge in [-0.3, -0.25) is 0 Å². The van der Waals surface area contributed by atoms with Gasteiger partial charge in [-0.1, -0.05) is 5.16 Å². The van der Waals surface area contributed by atoms with Crippen LogP contribution in [-0.2, 0) is 0 Å². The molecule has 0 saturated carbocycles. The van der Waals surface area contributed by atoms with E-state index in [-0.39, 0.29) is 0 Å². The van der Waals surface area contributed by atoms with Gasteiger partial charge in [0, 0.05) is 11.4 Å². The molecule has 0 saturated heterocycles. The van der Waals surface area contributed by atoms with Crippen molar-refractivity contribution in [1.82, 2.24) is 29.7 Å². The van der Waals surface area contributed by atoms with Crippen LogP contribution >= 0.6 is 11.5 Å². The molecule has 3 heterocycles. The predicted octanol–water partition coefficient (Wildman–Crippen LogP) is 0.774. The first-order chi connectivity index (χ1) is 7.45. The maximum atomic E-state index is 4.73. The third-order valence-corrected chi connectivity index (χ3v) is 2.34. The summed E-state index contributed by atoms with van der Waals surface area (Å²) in [4.78, 5) is 0. The van der Waals surface area contributed by atoms with E-state index in [4.69, 9.17) is 4.52 Å². The van der Waals surface area contributed by atoms with Crippen molar-refractivity contribution < 1.29 is 4.52 Å². The van der Waals surface area contributed by atoms with Crippen molar-refractivity contribution in [1.29, 1.82) is 0 Å². The Labute approximate surface area is 87.5 Å². The van der Waals surface area contributed by atoms with Crippen LogP contribution in [-0.4, -0.2) is 29.7 Å². The van der Waals surface area contributed by atoms with Crippen LogP contribution in [0.25, 0.3) is 17.3 Å². The van der Waals surface area contributed by atoms with E-state index >= 15 is 0 Å². The number of hydrogen-bond acceptors (Lipinski definition) is 7. The van der Waals surface area contributed by atoms with Crippen molar-refractivity contribution in [2.45, 2.75) is 0 Å². The number of rotatable bonds is 2. The fourth-order valence-corrected chi connectivity index (χ4v) is 1.65. The minimum absolute atomic E-state index is 0.531. The number of aromatic nitrogens is 6. The Morgan fingerprint density at radius 3 is 3.07 bits per heavy atom. The summed E-state index contributed by atoms with van der Waals surface area (Å²) < 4.78 is 10.3. The molecule has 3 aromatic heterocycles. The van der Waals surface area contributed by atoms with Gasteiger partial charge in [-0.05, 0) is 28.0 Å². The Morgan fingerprint density at radius 2 is 2.33 bits per heavy atom. The Hall–Kier alpha value is -2.09. The molecule has 0 spiro atoms. The second-order valence-electron chi connectivity index (χ2n) is 2.66. The summed E-state index contributed by atoms with van der Waals surface area (Å²) in [6.07, 6.45) is 1.46. The lowest BCUT2D eigenvalue weighted by molar-refractivity contribution is 0.414. The maximum absolute atomic E-state index is 4.73. The van der Waals surface area contributed by atoms with Gasteiger partial charge in [-0.25, -0.2) is 0 Å². The maximum Gasteiger partial charge on any atom is 0.208 e. The van der Waals surface area contributed by atoms with Gasteiger partial charge >= 0.3 is 0 Å². The average molecular weight is 220 g/mol. The molecule has 0 aliphatic carbocycles. The molecule has 74 valence electrons. The van der Waals surface area contributed by atoms with E-state index in [1.54, 1.807) is 6.07 Å². The molecule has 0 fully saturated rings. The van der Waals surface area contributed by atoms with Gasteiger partial charge in [0.05, 0.1) is 0 Å². The van der Waals surface area contributed by atoms with Crippen LogP contribution in [0.2, 0.25) is 0 Å². The van der Waals surface area contributed by atoms with Crippen LogP contribution in [0.1, 0.15) is 0 Å². The molecule has 0 aromatic carbocycles. The molecule has 0 atom stereocenters. The molecule has 0 N–H and O–H groups in total. The Bertz CT molecular complexity index is 493. The molecule has 0 radical (unpaired) electrons. The Balaban J connectivity index is 2.15. The fourth-order valence-electron chi connectivity index (χ4n) is 1.14. The highest BCUT2D eigenvalue weighted by molar-refractivity contribution is 7.03. The molecule has 0 aliphatic rings. The zero-order valence-electron chi connectivity index (χ0n) is 7.31. The van der Waals surface area contributed by atoms with Gasteiger partial charge < -0.3 is 4.52 Å². The second kappa shape index (κ2) is 3.24. The van der Waals surface area contributed by atoms with E-state index in [1.165, 1.54) is 22.5 Å². The van der Waals surface area contributed by atoms with Crippen LogP contribution in [0, 0.1) is 0 Å². The largest absolute Gasteiger partial charge is 0.363 e. The Morgan fingerprint density at radius 1 is 1.33 bits per heavy atom. The summed E-state index contributed by atoms with van der Waals surface area (Å²) in [6.45, 7) is 0. The fraction of sp³-hybridized carbons (Fsp3) is 0. The molecule has 8 heteroatoms. The number of hydrogen-bond donors (Lipinski definition) is 0. The van der Waals surface area contributed by atoms with Crippen molar-refractivity contribution in [3.63, 3.8) is 0 Å². The average Bonchev–Trinajstić information content (AvgIpc) is 3.01. The normalized spacial score (nSPS) is 10.7. The minimum Gasteiger partial charge on any atom is -0.363 e. The van der Waals surface area contributed by atoms with E-state index in [1.807, 2.05) is 11.4 Å². The highest BCUT2D eigenvalue weighted by atomic mass is 32.1. The predicted molar refractivity (Wildman–Crippen MR) is 50.3 cm³/mol. The lowest BCUT2D eigenvalue weighted by Gasteiger charge is -1.94. The standard InChI is InChI=1S/C7H4N6OS/c1-3-14-9-6(1)13-7(8-11-12-13)5-2-4-15-10-5/h1-4H. The lowest BCUT2D eigenvalue weighted by Crippen LogP contribution is -1.99. The van der Waals surface area contributed by atoms with Crippen LogP contribution in [0.4, 0.5) is 0 Å². The SMILES string of the molecule is c1cc(-n2nnnc2-c2ccsn2)no1. The molecular weight excluding hydrogens is 216 g/mol. The van der Waals surface area contributed by atoms with Crippen LogP contribution in [0.5, 0.6) is 0 Å². The molecule has 0 bridgehead atoms. The van der Waals surface area contributed by atoms with Gasteiger partial charge in [-0.2, -0.15) is 9.06 Å². The number of nitrogens with zero attached hydrogens (tertiary/aromatic N) is 6. The quantitative estimate of drug-likeness (QED) is 0.634. The van der Waals surface area contributed by atoms with E-state index in [0.717, 1.165) is 0 Å². The van der Waals surface area contributed by atoms with Gasteiger partial charge in [0.2, 0.25) is 5.82 Å². The first-order valence-electron chi connectivity index (χ1n) is 4.05. The van der Waals surface area contributed by atoms with Gasteiger partial charge in [0.1, 0.15) is 12.0 Å². The third-order valence-electron chi connectivity index (χ3n) is 1.78. The zero-order valence-corrected chi connectivity index (χ0v) is 8.13. The number of tetrazole rings is 1. The van der Waals surface area contributed by atoms with Crippen LogP contribution in [0.3, 0.4) is 0 Å². The van der Waals surface area contributed by atoms with Crippen LogP contribution < -0.4 is 0 Å². The third kappa shape index (κ3) is 1.31. The van der Waals surface area contributed by atoms with E-state index in [2.05, 4.69) is 25.1 Å². The van der Waals surface area contributed by atoms with Crippen molar-refractivity contribution in [3.05, 3.63) is 23.8 Å². The Kier molecular flexibility index (Phi) is 1.78. The topological polar surface area (TPSA) is 82.5 Å². The summed E-state index contributed by atoms with van der Waals surface area (Å²) in [5.41, 5.74) is 0.716. The summed E-state index contributed by atoms with van der Waals surface area (Å²) in [5.74, 6) is 1.08. The van der Waals surface area contributed by atoms with E-state index < -0.39 is 0 Å². The highest BCUT2D eigenvalue weighted by Gasteiger charge is 2.13. The van der Waals surface area contributed by atoms with Crippen molar-refractivity contribution in [2.24, 2.45) is 0 Å². The van der Waals surface area contributed by atoms with E-state index in [9.17, 15) is 0 Å². The zero-order chi connectivity index (χ0) is 10.1. The van der Waals surface area contributed by atoms with Crippen molar-refractivity contribution in [2.75, 3.05) is 0 Å². The summed E-state index contributed by atoms with van der Waals surface area (Å²) in [5, 5.41) is 16.9.